The second-order valence-electron chi connectivity index (χ2n) is 5.02. The second-order valence-corrected chi connectivity index (χ2v) is 5.02. The average molecular weight is 256 g/mol. The molecule has 0 radical (unpaired) electrons. The van der Waals surface area contributed by atoms with Gasteiger partial charge in [0, 0.05) is 19.0 Å². The fourth-order valence-electron chi connectivity index (χ4n) is 2.47. The van der Waals surface area contributed by atoms with Gasteiger partial charge in [-0.1, -0.05) is 30.3 Å². The van der Waals surface area contributed by atoms with Crippen molar-refractivity contribution in [3.8, 4) is 0 Å². The number of anilines is 2. The maximum Gasteiger partial charge on any atom is 0.128 e. The Morgan fingerprint density at radius 1 is 1.00 bits per heavy atom. The van der Waals surface area contributed by atoms with Gasteiger partial charge in [0.05, 0.1) is 11.4 Å². The van der Waals surface area contributed by atoms with E-state index in [0.29, 0.717) is 11.5 Å². The van der Waals surface area contributed by atoms with Crippen molar-refractivity contribution in [1.29, 1.82) is 0 Å². The SMILES string of the molecule is Cc1cc2c(cc1F)NCC(c1ccccc1)CN2. The van der Waals surface area contributed by atoms with Crippen molar-refractivity contribution in [3.05, 3.63) is 59.4 Å². The molecule has 3 rings (SSSR count). The van der Waals surface area contributed by atoms with Crippen LogP contribution in [0.5, 0.6) is 0 Å². The van der Waals surface area contributed by atoms with E-state index >= 15 is 0 Å². The van der Waals surface area contributed by atoms with Crippen LogP contribution in [0.3, 0.4) is 0 Å². The van der Waals surface area contributed by atoms with Crippen molar-refractivity contribution in [2.75, 3.05) is 23.7 Å². The highest BCUT2D eigenvalue weighted by Crippen LogP contribution is 2.30. The minimum atomic E-state index is -0.161. The van der Waals surface area contributed by atoms with E-state index in [9.17, 15) is 4.39 Å². The van der Waals surface area contributed by atoms with Gasteiger partial charge >= 0.3 is 0 Å². The van der Waals surface area contributed by atoms with Gasteiger partial charge in [-0.15, -0.1) is 0 Å². The van der Waals surface area contributed by atoms with Gasteiger partial charge in [-0.05, 0) is 30.2 Å². The van der Waals surface area contributed by atoms with Crippen LogP contribution in [-0.2, 0) is 0 Å². The summed E-state index contributed by atoms with van der Waals surface area (Å²) in [5, 5.41) is 6.75. The molecule has 2 aromatic carbocycles. The summed E-state index contributed by atoms with van der Waals surface area (Å²) in [5.41, 5.74) is 3.80. The van der Waals surface area contributed by atoms with Crippen molar-refractivity contribution in [1.82, 2.24) is 0 Å². The molecule has 1 atom stereocenters. The number of fused-ring (bicyclic) bond motifs is 1. The van der Waals surface area contributed by atoms with Gasteiger partial charge in [0.15, 0.2) is 0 Å². The van der Waals surface area contributed by atoms with Crippen LogP contribution in [0.4, 0.5) is 15.8 Å². The largest absolute Gasteiger partial charge is 0.383 e. The molecule has 0 aliphatic carbocycles. The Hall–Kier alpha value is -2.03. The summed E-state index contributed by atoms with van der Waals surface area (Å²) >= 11 is 0. The smallest absolute Gasteiger partial charge is 0.128 e. The van der Waals surface area contributed by atoms with E-state index in [2.05, 4.69) is 34.9 Å². The Kier molecular flexibility index (Phi) is 3.11. The van der Waals surface area contributed by atoms with Gasteiger partial charge in [0.25, 0.3) is 0 Å². The summed E-state index contributed by atoms with van der Waals surface area (Å²) in [6.07, 6.45) is 0. The zero-order chi connectivity index (χ0) is 13.2. The molecular weight excluding hydrogens is 239 g/mol. The number of hydrogen-bond donors (Lipinski definition) is 2. The zero-order valence-electron chi connectivity index (χ0n) is 10.9. The van der Waals surface area contributed by atoms with E-state index < -0.39 is 0 Å². The van der Waals surface area contributed by atoms with Crippen LogP contribution in [0.25, 0.3) is 0 Å². The van der Waals surface area contributed by atoms with Crippen LogP contribution < -0.4 is 10.6 Å². The Bertz CT molecular complexity index is 548. The Labute approximate surface area is 112 Å². The molecule has 1 aliphatic rings. The van der Waals surface area contributed by atoms with Crippen molar-refractivity contribution >= 4 is 11.4 Å². The molecule has 98 valence electrons. The van der Waals surface area contributed by atoms with Crippen molar-refractivity contribution in [2.45, 2.75) is 12.8 Å². The molecule has 0 fully saturated rings. The van der Waals surface area contributed by atoms with Crippen LogP contribution in [0, 0.1) is 12.7 Å². The van der Waals surface area contributed by atoms with Gasteiger partial charge in [0.1, 0.15) is 5.82 Å². The monoisotopic (exact) mass is 256 g/mol. The van der Waals surface area contributed by atoms with Crippen LogP contribution in [0.1, 0.15) is 17.0 Å². The van der Waals surface area contributed by atoms with E-state index in [1.54, 1.807) is 13.0 Å². The minimum Gasteiger partial charge on any atom is -0.383 e. The number of halogens is 1. The lowest BCUT2D eigenvalue weighted by molar-refractivity contribution is 0.619. The van der Waals surface area contributed by atoms with Crippen LogP contribution in [0.2, 0.25) is 0 Å². The molecule has 1 unspecified atom stereocenters. The molecule has 0 bridgehead atoms. The third-order valence-electron chi connectivity index (χ3n) is 3.65. The number of rotatable bonds is 1. The van der Waals surface area contributed by atoms with Crippen LogP contribution in [0.15, 0.2) is 42.5 Å². The molecule has 0 spiro atoms. The first-order chi connectivity index (χ1) is 9.24. The highest BCUT2D eigenvalue weighted by Gasteiger charge is 2.17. The predicted molar refractivity (Wildman–Crippen MR) is 77.3 cm³/mol. The summed E-state index contributed by atoms with van der Waals surface area (Å²) in [6.45, 7) is 3.46. The van der Waals surface area contributed by atoms with Crippen molar-refractivity contribution < 1.29 is 4.39 Å². The third-order valence-corrected chi connectivity index (χ3v) is 3.65. The molecular formula is C16H17FN2. The molecule has 2 aromatic rings. The van der Waals surface area contributed by atoms with E-state index in [0.717, 1.165) is 24.5 Å². The standard InChI is InChI=1S/C16H17FN2/c1-11-7-15-16(8-14(11)17)19-10-13(9-18-15)12-5-3-2-4-6-12/h2-8,13,18-19H,9-10H2,1H3. The topological polar surface area (TPSA) is 24.1 Å². The number of aryl methyl sites for hydroxylation is 1. The number of nitrogens with one attached hydrogen (secondary N) is 2. The fourth-order valence-corrected chi connectivity index (χ4v) is 2.47. The highest BCUT2D eigenvalue weighted by atomic mass is 19.1. The third kappa shape index (κ3) is 2.41. The van der Waals surface area contributed by atoms with Crippen molar-refractivity contribution in [2.24, 2.45) is 0 Å². The van der Waals surface area contributed by atoms with Crippen LogP contribution >= 0.6 is 0 Å². The van der Waals surface area contributed by atoms with E-state index in [1.807, 2.05) is 12.1 Å². The maximum atomic E-state index is 13.6. The van der Waals surface area contributed by atoms with E-state index in [-0.39, 0.29) is 5.82 Å². The molecule has 0 saturated heterocycles. The summed E-state index contributed by atoms with van der Waals surface area (Å²) in [5.74, 6) is 0.225. The molecule has 1 aliphatic heterocycles. The molecule has 1 heterocycles. The first-order valence-corrected chi connectivity index (χ1v) is 6.57. The zero-order valence-corrected chi connectivity index (χ0v) is 10.9. The molecule has 19 heavy (non-hydrogen) atoms. The van der Waals surface area contributed by atoms with E-state index in [1.165, 1.54) is 5.56 Å². The second kappa shape index (κ2) is 4.92. The molecule has 2 nitrogen and oxygen atoms in total. The van der Waals surface area contributed by atoms with Gasteiger partial charge in [-0.3, -0.25) is 0 Å². The Morgan fingerprint density at radius 2 is 1.63 bits per heavy atom. The molecule has 0 saturated carbocycles. The summed E-state index contributed by atoms with van der Waals surface area (Å²) in [6, 6.07) is 13.8. The molecule has 0 amide bonds. The fraction of sp³-hybridized carbons (Fsp3) is 0.250. The Balaban J connectivity index is 1.85. The lowest BCUT2D eigenvalue weighted by Gasteiger charge is -2.14. The summed E-state index contributed by atoms with van der Waals surface area (Å²) in [4.78, 5) is 0. The lowest BCUT2D eigenvalue weighted by atomic mass is 9.99. The van der Waals surface area contributed by atoms with Gasteiger partial charge in [-0.25, -0.2) is 4.39 Å². The quantitative estimate of drug-likeness (QED) is 0.812. The first kappa shape index (κ1) is 12.0. The van der Waals surface area contributed by atoms with Gasteiger partial charge < -0.3 is 10.6 Å². The average Bonchev–Trinajstić information content (AvgIpc) is 2.63. The minimum absolute atomic E-state index is 0.161. The summed E-state index contributed by atoms with van der Waals surface area (Å²) < 4.78 is 13.6. The van der Waals surface area contributed by atoms with Crippen molar-refractivity contribution in [3.63, 3.8) is 0 Å². The maximum absolute atomic E-state index is 13.6. The molecule has 2 N–H and O–H groups in total. The number of hydrogen-bond acceptors (Lipinski definition) is 2. The van der Waals surface area contributed by atoms with E-state index in [4.69, 9.17) is 0 Å². The lowest BCUT2D eigenvalue weighted by Crippen LogP contribution is -2.16. The predicted octanol–water partition coefficient (Wildman–Crippen LogP) is 3.76. The van der Waals surface area contributed by atoms with Gasteiger partial charge in [0.2, 0.25) is 0 Å². The number of benzene rings is 2. The first-order valence-electron chi connectivity index (χ1n) is 6.57. The Morgan fingerprint density at radius 3 is 2.32 bits per heavy atom. The highest BCUT2D eigenvalue weighted by molar-refractivity contribution is 5.71. The van der Waals surface area contributed by atoms with Crippen LogP contribution in [-0.4, -0.2) is 13.1 Å². The molecule has 0 aromatic heterocycles. The summed E-state index contributed by atoms with van der Waals surface area (Å²) in [7, 11) is 0. The van der Waals surface area contributed by atoms with Gasteiger partial charge in [-0.2, -0.15) is 0 Å². The normalized spacial score (nSPS) is 17.9. The molecule has 3 heteroatoms.